The molecule has 0 spiro atoms. The van der Waals surface area contributed by atoms with Crippen LogP contribution < -0.4 is 0 Å². The van der Waals surface area contributed by atoms with E-state index in [0.717, 1.165) is 103 Å². The highest BCUT2D eigenvalue weighted by Gasteiger charge is 2.19. The summed E-state index contributed by atoms with van der Waals surface area (Å²) in [5, 5.41) is 0. The highest BCUT2D eigenvalue weighted by Crippen LogP contribution is 2.16. The zero-order chi connectivity index (χ0) is 52.2. The molecule has 0 saturated heterocycles. The SMILES string of the molecule is CC/C=C\C/C=C\C/C=C\CCCCCCCCCCCC(=O)OCC(COC(=O)CCCCCCCC/C=C\C/C=C\C/C=C\CC)OC(=O)CCCCCCCCC/C=C\CCCCCCCCCC. The fraction of sp³-hybridized carbons (Fsp3) is 0.742. The summed E-state index contributed by atoms with van der Waals surface area (Å²) < 4.78 is 16.9. The minimum Gasteiger partial charge on any atom is -0.462 e. The maximum Gasteiger partial charge on any atom is 0.306 e. The molecular weight excluding hydrogens is 889 g/mol. The predicted octanol–water partition coefficient (Wildman–Crippen LogP) is 20.7. The van der Waals surface area contributed by atoms with Crippen LogP contribution in [0, 0.1) is 0 Å². The Morgan fingerprint density at radius 1 is 0.292 bits per heavy atom. The molecular formula is C66H114O6. The molecule has 0 aliphatic rings. The summed E-state index contributed by atoms with van der Waals surface area (Å²) >= 11 is 0. The zero-order valence-electron chi connectivity index (χ0n) is 47.4. The van der Waals surface area contributed by atoms with Crippen LogP contribution in [0.1, 0.15) is 297 Å². The Morgan fingerprint density at radius 2 is 0.542 bits per heavy atom. The van der Waals surface area contributed by atoms with Gasteiger partial charge < -0.3 is 14.2 Å². The monoisotopic (exact) mass is 1000 g/mol. The van der Waals surface area contributed by atoms with Gasteiger partial charge >= 0.3 is 17.9 Å². The fourth-order valence-electron chi connectivity index (χ4n) is 8.58. The second-order valence-corrected chi connectivity index (χ2v) is 20.2. The number of allylic oxidation sites excluding steroid dienone is 14. The molecule has 0 N–H and O–H groups in total. The van der Waals surface area contributed by atoms with E-state index in [4.69, 9.17) is 14.2 Å². The van der Waals surface area contributed by atoms with Crippen molar-refractivity contribution in [1.82, 2.24) is 0 Å². The molecule has 72 heavy (non-hydrogen) atoms. The van der Waals surface area contributed by atoms with E-state index in [1.807, 2.05) is 0 Å². The minimum absolute atomic E-state index is 0.0848. The Morgan fingerprint density at radius 3 is 0.861 bits per heavy atom. The van der Waals surface area contributed by atoms with Crippen molar-refractivity contribution < 1.29 is 28.6 Å². The number of esters is 3. The molecule has 1 atom stereocenters. The van der Waals surface area contributed by atoms with Gasteiger partial charge in [0.1, 0.15) is 13.2 Å². The molecule has 0 bridgehead atoms. The van der Waals surface area contributed by atoms with Crippen LogP contribution in [-0.4, -0.2) is 37.2 Å². The van der Waals surface area contributed by atoms with Gasteiger partial charge in [-0.3, -0.25) is 14.4 Å². The van der Waals surface area contributed by atoms with E-state index in [-0.39, 0.29) is 31.1 Å². The molecule has 6 heteroatoms. The van der Waals surface area contributed by atoms with Crippen molar-refractivity contribution in [2.24, 2.45) is 0 Å². The van der Waals surface area contributed by atoms with E-state index < -0.39 is 6.10 Å². The van der Waals surface area contributed by atoms with Crippen molar-refractivity contribution in [3.63, 3.8) is 0 Å². The third-order valence-electron chi connectivity index (χ3n) is 13.1. The number of unbranched alkanes of at least 4 members (excludes halogenated alkanes) is 30. The van der Waals surface area contributed by atoms with E-state index in [9.17, 15) is 14.4 Å². The molecule has 0 amide bonds. The molecule has 0 radical (unpaired) electrons. The molecule has 6 nitrogen and oxygen atoms in total. The van der Waals surface area contributed by atoms with Crippen LogP contribution in [0.2, 0.25) is 0 Å². The molecule has 0 fully saturated rings. The molecule has 0 aliphatic carbocycles. The van der Waals surface area contributed by atoms with Crippen molar-refractivity contribution in [3.05, 3.63) is 85.1 Å². The van der Waals surface area contributed by atoms with Crippen molar-refractivity contribution in [3.8, 4) is 0 Å². The normalized spacial score (nSPS) is 12.7. The van der Waals surface area contributed by atoms with Gasteiger partial charge in [0.25, 0.3) is 0 Å². The number of hydrogen-bond acceptors (Lipinski definition) is 6. The summed E-state index contributed by atoms with van der Waals surface area (Å²) in [7, 11) is 0. The molecule has 0 rings (SSSR count). The van der Waals surface area contributed by atoms with Gasteiger partial charge in [0.05, 0.1) is 0 Å². The van der Waals surface area contributed by atoms with Gasteiger partial charge in [0, 0.05) is 19.3 Å². The van der Waals surface area contributed by atoms with E-state index in [1.165, 1.54) is 154 Å². The first-order valence-corrected chi connectivity index (χ1v) is 30.6. The zero-order valence-corrected chi connectivity index (χ0v) is 47.4. The average molecular weight is 1000 g/mol. The molecule has 0 heterocycles. The van der Waals surface area contributed by atoms with E-state index in [0.29, 0.717) is 19.3 Å². The third-order valence-corrected chi connectivity index (χ3v) is 13.1. The Labute approximate surface area is 445 Å². The minimum atomic E-state index is -0.788. The smallest absolute Gasteiger partial charge is 0.306 e. The molecule has 0 aromatic carbocycles. The van der Waals surface area contributed by atoms with Gasteiger partial charge in [-0.1, -0.05) is 254 Å². The van der Waals surface area contributed by atoms with Crippen LogP contribution in [0.3, 0.4) is 0 Å². The quantitative estimate of drug-likeness (QED) is 0.0261. The first kappa shape index (κ1) is 68.6. The van der Waals surface area contributed by atoms with Gasteiger partial charge in [-0.2, -0.15) is 0 Å². The Hall–Kier alpha value is -3.41. The van der Waals surface area contributed by atoms with Gasteiger partial charge in [0.2, 0.25) is 0 Å². The van der Waals surface area contributed by atoms with Crippen molar-refractivity contribution in [2.45, 2.75) is 303 Å². The topological polar surface area (TPSA) is 78.9 Å². The molecule has 414 valence electrons. The molecule has 0 saturated carbocycles. The third kappa shape index (κ3) is 57.5. The lowest BCUT2D eigenvalue weighted by atomic mass is 10.1. The number of carbonyl (C=O) groups excluding carboxylic acids is 3. The average Bonchev–Trinajstić information content (AvgIpc) is 3.38. The van der Waals surface area contributed by atoms with Crippen LogP contribution in [0.4, 0.5) is 0 Å². The number of ether oxygens (including phenoxy) is 3. The van der Waals surface area contributed by atoms with Crippen molar-refractivity contribution in [2.75, 3.05) is 13.2 Å². The van der Waals surface area contributed by atoms with E-state index >= 15 is 0 Å². The van der Waals surface area contributed by atoms with E-state index in [2.05, 4.69) is 106 Å². The highest BCUT2D eigenvalue weighted by molar-refractivity contribution is 5.71. The van der Waals surface area contributed by atoms with Crippen LogP contribution >= 0.6 is 0 Å². The lowest BCUT2D eigenvalue weighted by Gasteiger charge is -2.18. The summed E-state index contributed by atoms with van der Waals surface area (Å²) in [6, 6.07) is 0. The summed E-state index contributed by atoms with van der Waals surface area (Å²) in [5.74, 6) is -0.897. The number of rotatable bonds is 55. The summed E-state index contributed by atoms with van der Waals surface area (Å²) in [6.45, 7) is 6.43. The molecule has 1 unspecified atom stereocenters. The summed E-state index contributed by atoms with van der Waals surface area (Å²) in [6.07, 6.45) is 78.6. The van der Waals surface area contributed by atoms with Crippen LogP contribution in [0.5, 0.6) is 0 Å². The predicted molar refractivity (Wildman–Crippen MR) is 311 cm³/mol. The molecule has 0 aromatic heterocycles. The highest BCUT2D eigenvalue weighted by atomic mass is 16.6. The number of hydrogen-bond donors (Lipinski definition) is 0. The maximum absolute atomic E-state index is 12.9. The number of carbonyl (C=O) groups is 3. The van der Waals surface area contributed by atoms with Gasteiger partial charge in [-0.15, -0.1) is 0 Å². The Balaban J connectivity index is 4.40. The Bertz CT molecular complexity index is 1380. The second-order valence-electron chi connectivity index (χ2n) is 20.2. The lowest BCUT2D eigenvalue weighted by Crippen LogP contribution is -2.30. The Kier molecular flexibility index (Phi) is 57.3. The van der Waals surface area contributed by atoms with Crippen molar-refractivity contribution in [1.29, 1.82) is 0 Å². The largest absolute Gasteiger partial charge is 0.462 e. The van der Waals surface area contributed by atoms with E-state index in [1.54, 1.807) is 0 Å². The van der Waals surface area contributed by atoms with Gasteiger partial charge in [-0.25, -0.2) is 0 Å². The summed E-state index contributed by atoms with van der Waals surface area (Å²) in [5.41, 5.74) is 0. The van der Waals surface area contributed by atoms with Crippen LogP contribution in [-0.2, 0) is 28.6 Å². The fourth-order valence-corrected chi connectivity index (χ4v) is 8.58. The van der Waals surface area contributed by atoms with Gasteiger partial charge in [0.15, 0.2) is 6.10 Å². The lowest BCUT2D eigenvalue weighted by molar-refractivity contribution is -0.167. The van der Waals surface area contributed by atoms with Crippen LogP contribution in [0.25, 0.3) is 0 Å². The standard InChI is InChI=1S/C66H114O6/c1-4-7-10-13-16-19-22-25-28-31-33-35-38-41-44-47-50-53-56-59-65(68)71-62-63(61-70-64(67)58-55-52-49-46-43-40-37-30-27-24-21-18-15-12-9-6-3)72-66(69)60-57-54-51-48-45-42-39-36-34-32-29-26-23-20-17-14-11-8-5-2/h7,9-10,12,16,18-19,21,25,27-28,30,32,34,63H,4-6,8,11,13-15,17,20,22-24,26,29,31,33,35-62H2,1-3H3/b10-7-,12-9-,19-16-,21-18-,28-25-,30-27-,34-32-. The van der Waals surface area contributed by atoms with Crippen LogP contribution in [0.15, 0.2) is 85.1 Å². The first-order valence-electron chi connectivity index (χ1n) is 30.6. The maximum atomic E-state index is 12.9. The second kappa shape index (κ2) is 60.1. The summed E-state index contributed by atoms with van der Waals surface area (Å²) in [4.78, 5) is 38.3. The molecule has 0 aliphatic heterocycles. The first-order chi connectivity index (χ1) is 35.5. The van der Waals surface area contributed by atoms with Crippen molar-refractivity contribution >= 4 is 17.9 Å². The van der Waals surface area contributed by atoms with Gasteiger partial charge in [-0.05, 0) is 109 Å². The molecule has 0 aromatic rings.